The molecule has 2 aliphatic heterocycles. The second-order valence-electron chi connectivity index (χ2n) is 10.7. The molecule has 0 bridgehead atoms. The van der Waals surface area contributed by atoms with Gasteiger partial charge < -0.3 is 20.0 Å². The van der Waals surface area contributed by atoms with Crippen molar-refractivity contribution in [2.45, 2.75) is 51.4 Å². The minimum Gasteiger partial charge on any atom is -0.354 e. The summed E-state index contributed by atoms with van der Waals surface area (Å²) in [4.78, 5) is 29.1. The monoisotopic (exact) mass is 502 g/mol. The number of hydrogen-bond acceptors (Lipinski definition) is 7. The van der Waals surface area contributed by atoms with E-state index in [1.807, 2.05) is 24.0 Å². The van der Waals surface area contributed by atoms with Gasteiger partial charge in [-0.1, -0.05) is 0 Å². The number of amides is 1. The molecule has 1 saturated carbocycles. The Bertz CT molecular complexity index is 1060. The van der Waals surface area contributed by atoms with E-state index < -0.39 is 5.92 Å². The van der Waals surface area contributed by atoms with E-state index in [0.717, 1.165) is 49.9 Å². The van der Waals surface area contributed by atoms with E-state index >= 15 is 0 Å². The number of nitrogens with zero attached hydrogens (tertiary/aromatic N) is 6. The van der Waals surface area contributed by atoms with Gasteiger partial charge in [-0.05, 0) is 39.2 Å². The number of H-pyrrole nitrogens is 1. The molecule has 196 valence electrons. The van der Waals surface area contributed by atoms with Gasteiger partial charge in [0.1, 0.15) is 17.5 Å². The van der Waals surface area contributed by atoms with Crippen molar-refractivity contribution in [3.63, 3.8) is 0 Å². The van der Waals surface area contributed by atoms with Crippen LogP contribution in [-0.4, -0.2) is 88.1 Å². The fourth-order valence-corrected chi connectivity index (χ4v) is 5.45. The Hall–Kier alpha value is -2.82. The van der Waals surface area contributed by atoms with Crippen LogP contribution in [0, 0.1) is 18.8 Å². The summed E-state index contributed by atoms with van der Waals surface area (Å²) in [5.74, 6) is 0.463. The first-order chi connectivity index (χ1) is 17.2. The molecule has 3 aliphatic rings. The number of piperazine rings is 1. The molecular formula is C25H36F2N8O. The summed E-state index contributed by atoms with van der Waals surface area (Å²) in [5.41, 5.74) is 0.962. The highest BCUT2D eigenvalue weighted by Crippen LogP contribution is 2.37. The minimum absolute atomic E-state index is 0.0383. The lowest BCUT2D eigenvalue weighted by atomic mass is 9.86. The van der Waals surface area contributed by atoms with E-state index in [9.17, 15) is 13.6 Å². The fourth-order valence-electron chi connectivity index (χ4n) is 5.45. The number of aryl methyl sites for hydroxylation is 1. The molecule has 1 amide bonds. The second-order valence-corrected chi connectivity index (χ2v) is 10.7. The summed E-state index contributed by atoms with van der Waals surface area (Å²) in [6.07, 6.45) is 1.74. The number of halogens is 2. The van der Waals surface area contributed by atoms with Gasteiger partial charge in [-0.25, -0.2) is 18.7 Å². The van der Waals surface area contributed by atoms with E-state index in [-0.39, 0.29) is 43.4 Å². The van der Waals surface area contributed by atoms with Gasteiger partial charge >= 0.3 is 0 Å². The average Bonchev–Trinajstić information content (AvgIpc) is 3.47. The van der Waals surface area contributed by atoms with Crippen LogP contribution in [-0.2, 0) is 11.2 Å². The van der Waals surface area contributed by atoms with Crippen molar-refractivity contribution in [3.05, 3.63) is 23.7 Å². The van der Waals surface area contributed by atoms with Crippen molar-refractivity contribution < 1.29 is 13.6 Å². The zero-order chi connectivity index (χ0) is 25.3. The smallest absolute Gasteiger partial charge is 0.248 e. The van der Waals surface area contributed by atoms with Crippen LogP contribution in [0.1, 0.15) is 43.6 Å². The number of anilines is 3. The highest BCUT2D eigenvalue weighted by molar-refractivity contribution is 5.79. The Morgan fingerprint density at radius 3 is 2.53 bits per heavy atom. The average molecular weight is 503 g/mol. The number of rotatable bonds is 6. The molecule has 0 spiro atoms. The molecule has 36 heavy (non-hydrogen) atoms. The van der Waals surface area contributed by atoms with Crippen molar-refractivity contribution in [1.29, 1.82) is 0 Å². The molecule has 5 rings (SSSR count). The summed E-state index contributed by atoms with van der Waals surface area (Å²) in [6.45, 7) is 7.02. The number of aromatic nitrogens is 4. The number of likely N-dealkylation sites (N-methyl/N-ethyl adjacent to an activating group) is 1. The SMILES string of the molecule is Cc1cc(Nc2cc(N3CCN(C)CC3)nc(C[C@@H]3CCN(C(=O)C4CCC(F)(F)CC4)C3)n2)n[nH]1. The Kier molecular flexibility index (Phi) is 7.09. The van der Waals surface area contributed by atoms with Gasteiger partial charge in [0.05, 0.1) is 0 Å². The van der Waals surface area contributed by atoms with Crippen LogP contribution in [0.4, 0.5) is 26.2 Å². The number of hydrogen-bond donors (Lipinski definition) is 2. The number of carbonyl (C=O) groups is 1. The minimum atomic E-state index is -2.61. The molecule has 11 heteroatoms. The third-order valence-electron chi connectivity index (χ3n) is 7.68. The van der Waals surface area contributed by atoms with Gasteiger partial charge in [0.2, 0.25) is 11.8 Å². The van der Waals surface area contributed by atoms with E-state index in [4.69, 9.17) is 9.97 Å². The summed E-state index contributed by atoms with van der Waals surface area (Å²) >= 11 is 0. The Morgan fingerprint density at radius 1 is 1.08 bits per heavy atom. The highest BCUT2D eigenvalue weighted by atomic mass is 19.3. The van der Waals surface area contributed by atoms with Gasteiger partial charge in [-0.3, -0.25) is 9.89 Å². The van der Waals surface area contributed by atoms with Crippen molar-refractivity contribution in [2.24, 2.45) is 11.8 Å². The normalized spacial score (nSPS) is 23.3. The van der Waals surface area contributed by atoms with Crippen LogP contribution < -0.4 is 10.2 Å². The van der Waals surface area contributed by atoms with Gasteiger partial charge in [-0.2, -0.15) is 5.10 Å². The Labute approximate surface area is 210 Å². The van der Waals surface area contributed by atoms with Crippen LogP contribution in [0.15, 0.2) is 12.1 Å². The molecular weight excluding hydrogens is 466 g/mol. The summed E-state index contributed by atoms with van der Waals surface area (Å²) in [5, 5.41) is 10.5. The van der Waals surface area contributed by atoms with Gasteiger partial charge in [0.15, 0.2) is 5.82 Å². The lowest BCUT2D eigenvalue weighted by Crippen LogP contribution is -2.45. The third kappa shape index (κ3) is 5.93. The zero-order valence-corrected chi connectivity index (χ0v) is 21.1. The first-order valence-electron chi connectivity index (χ1n) is 13.0. The van der Waals surface area contributed by atoms with Crippen LogP contribution in [0.25, 0.3) is 0 Å². The van der Waals surface area contributed by atoms with Crippen LogP contribution >= 0.6 is 0 Å². The third-order valence-corrected chi connectivity index (χ3v) is 7.68. The lowest BCUT2D eigenvalue weighted by molar-refractivity contribution is -0.138. The predicted octanol–water partition coefficient (Wildman–Crippen LogP) is 3.22. The Morgan fingerprint density at radius 2 is 1.83 bits per heavy atom. The molecule has 1 aliphatic carbocycles. The fraction of sp³-hybridized carbons (Fsp3) is 0.680. The maximum atomic E-state index is 13.5. The predicted molar refractivity (Wildman–Crippen MR) is 134 cm³/mol. The van der Waals surface area contributed by atoms with Crippen molar-refractivity contribution in [1.82, 2.24) is 30.0 Å². The summed E-state index contributed by atoms with van der Waals surface area (Å²) in [6, 6.07) is 3.90. The molecule has 0 unspecified atom stereocenters. The first kappa shape index (κ1) is 24.9. The van der Waals surface area contributed by atoms with Gasteiger partial charge in [-0.15, -0.1) is 0 Å². The molecule has 2 saturated heterocycles. The van der Waals surface area contributed by atoms with Crippen LogP contribution in [0.5, 0.6) is 0 Å². The van der Waals surface area contributed by atoms with Crippen molar-refractivity contribution in [2.75, 3.05) is 56.5 Å². The van der Waals surface area contributed by atoms with Crippen molar-refractivity contribution >= 4 is 23.4 Å². The summed E-state index contributed by atoms with van der Waals surface area (Å²) < 4.78 is 27.1. The number of alkyl halides is 2. The lowest BCUT2D eigenvalue weighted by Gasteiger charge is -2.33. The number of nitrogens with one attached hydrogen (secondary N) is 2. The molecule has 4 heterocycles. The topological polar surface area (TPSA) is 93.3 Å². The van der Waals surface area contributed by atoms with Crippen LogP contribution in [0.3, 0.4) is 0 Å². The van der Waals surface area contributed by atoms with E-state index in [1.54, 1.807) is 0 Å². The maximum Gasteiger partial charge on any atom is 0.248 e. The number of likely N-dealkylation sites (tertiary alicyclic amines) is 1. The maximum absolute atomic E-state index is 13.5. The quantitative estimate of drug-likeness (QED) is 0.627. The first-order valence-corrected chi connectivity index (χ1v) is 13.0. The molecule has 3 fully saturated rings. The van der Waals surface area contributed by atoms with Gasteiger partial charge in [0, 0.05) is 82.3 Å². The number of carbonyl (C=O) groups excluding carboxylic acids is 1. The second kappa shape index (κ2) is 10.3. The standard InChI is InChI=1S/C25H36F2N8O/c1-17-13-22(32-31-17)29-21-15-23(34-11-9-33(2)10-12-34)30-20(28-21)14-18-5-8-35(16-18)24(36)19-3-6-25(26,27)7-4-19/h13,15,18-19H,3-12,14,16H2,1-2H3,(H2,28,29,30,31,32)/t18-/m0/s1. The summed E-state index contributed by atoms with van der Waals surface area (Å²) in [7, 11) is 2.13. The van der Waals surface area contributed by atoms with Crippen LogP contribution in [0.2, 0.25) is 0 Å². The molecule has 9 nitrogen and oxygen atoms in total. The molecule has 1 atom stereocenters. The highest BCUT2D eigenvalue weighted by Gasteiger charge is 2.40. The molecule has 2 aromatic heterocycles. The molecule has 2 N–H and O–H groups in total. The number of aromatic amines is 1. The molecule has 0 aromatic carbocycles. The molecule has 2 aromatic rings. The largest absolute Gasteiger partial charge is 0.354 e. The molecule has 0 radical (unpaired) electrons. The van der Waals surface area contributed by atoms with E-state index in [0.29, 0.717) is 31.1 Å². The zero-order valence-electron chi connectivity index (χ0n) is 21.1. The van der Waals surface area contributed by atoms with Gasteiger partial charge in [0.25, 0.3) is 0 Å². The van der Waals surface area contributed by atoms with E-state index in [2.05, 4.69) is 32.4 Å². The van der Waals surface area contributed by atoms with Crippen molar-refractivity contribution in [3.8, 4) is 0 Å². The van der Waals surface area contributed by atoms with E-state index in [1.165, 1.54) is 0 Å². The Balaban J connectivity index is 1.26.